The van der Waals surface area contributed by atoms with Gasteiger partial charge >= 0.3 is 0 Å². The zero-order valence-corrected chi connectivity index (χ0v) is 16.0. The van der Waals surface area contributed by atoms with Crippen molar-refractivity contribution in [3.63, 3.8) is 0 Å². The Kier molecular flexibility index (Phi) is 4.35. The van der Waals surface area contributed by atoms with Crippen molar-refractivity contribution in [3.8, 4) is 11.3 Å². The van der Waals surface area contributed by atoms with E-state index < -0.39 is 18.6 Å². The topological polar surface area (TPSA) is 82.2 Å². The Morgan fingerprint density at radius 1 is 1.23 bits per heavy atom. The van der Waals surface area contributed by atoms with Crippen LogP contribution < -0.4 is 5.32 Å². The molecule has 0 unspecified atom stereocenters. The van der Waals surface area contributed by atoms with Crippen molar-refractivity contribution in [3.05, 3.63) is 36.4 Å². The number of hydrogen-bond acceptors (Lipinski definition) is 6. The molecule has 1 aliphatic rings. The van der Waals surface area contributed by atoms with Gasteiger partial charge in [-0.2, -0.15) is 0 Å². The summed E-state index contributed by atoms with van der Waals surface area (Å²) in [5, 5.41) is 7.23. The van der Waals surface area contributed by atoms with Gasteiger partial charge in [0.1, 0.15) is 11.3 Å². The number of alkyl halides is 3. The first kappa shape index (κ1) is 18.8. The lowest BCUT2D eigenvalue weighted by molar-refractivity contribution is -0.121. The summed E-state index contributed by atoms with van der Waals surface area (Å²) in [5.41, 5.74) is 1.60. The van der Waals surface area contributed by atoms with Crippen molar-refractivity contribution in [1.29, 1.82) is 0 Å². The predicted octanol–water partition coefficient (Wildman–Crippen LogP) is 2.86. The summed E-state index contributed by atoms with van der Waals surface area (Å²) in [6, 6.07) is 5.36. The largest absolute Gasteiger partial charge is 0.374 e. The summed E-state index contributed by atoms with van der Waals surface area (Å²) >= 11 is 0. The van der Waals surface area contributed by atoms with E-state index in [-0.39, 0.29) is 19.8 Å². The van der Waals surface area contributed by atoms with Gasteiger partial charge in [0.25, 0.3) is 6.43 Å². The lowest BCUT2D eigenvalue weighted by atomic mass is 10.1. The summed E-state index contributed by atoms with van der Waals surface area (Å²) in [6.45, 7) is 1.40. The molecule has 0 saturated carbocycles. The van der Waals surface area contributed by atoms with Crippen LogP contribution in [-0.4, -0.2) is 61.0 Å². The summed E-state index contributed by atoms with van der Waals surface area (Å²) < 4.78 is 47.9. The Hall–Kier alpha value is -3.21. The second kappa shape index (κ2) is 6.94. The maximum atomic E-state index is 14.1. The van der Waals surface area contributed by atoms with Crippen molar-refractivity contribution in [2.24, 2.45) is 0 Å². The van der Waals surface area contributed by atoms with Gasteiger partial charge in [0.15, 0.2) is 11.3 Å². The van der Waals surface area contributed by atoms with E-state index in [1.807, 2.05) is 6.07 Å². The molecule has 0 aromatic carbocycles. The van der Waals surface area contributed by atoms with Crippen molar-refractivity contribution < 1.29 is 17.9 Å². The van der Waals surface area contributed by atoms with Crippen LogP contribution in [0.25, 0.3) is 27.9 Å². The van der Waals surface area contributed by atoms with Gasteiger partial charge in [0.05, 0.1) is 43.7 Å². The summed E-state index contributed by atoms with van der Waals surface area (Å²) in [6.07, 6.45) is 0.847. The molecule has 0 aliphatic carbocycles. The minimum absolute atomic E-state index is 0.0612. The van der Waals surface area contributed by atoms with Crippen LogP contribution in [0.15, 0.2) is 30.6 Å². The van der Waals surface area contributed by atoms with Crippen LogP contribution in [0.1, 0.15) is 5.82 Å². The van der Waals surface area contributed by atoms with E-state index in [4.69, 9.17) is 4.74 Å². The van der Waals surface area contributed by atoms with Gasteiger partial charge in [-0.05, 0) is 25.1 Å². The maximum Gasteiger partial charge on any atom is 0.256 e. The second-order valence-corrected chi connectivity index (χ2v) is 7.34. The van der Waals surface area contributed by atoms with E-state index in [9.17, 15) is 13.2 Å². The van der Waals surface area contributed by atoms with Crippen LogP contribution in [0.3, 0.4) is 0 Å². The standard InChI is InChI=1S/C19H18F3N7O/c1-11-25-14-3-2-13(26-17(14)28(11)7-16(20)21)12-4-5-29-15(12)6-23-18(27-29)24-8-19(22)9-30-10-19/h2-6,16H,7-10H2,1H3,(H,24,27). The molecular weight excluding hydrogens is 399 g/mol. The van der Waals surface area contributed by atoms with Crippen molar-refractivity contribution >= 4 is 22.6 Å². The third-order valence-corrected chi connectivity index (χ3v) is 5.08. The molecule has 4 aromatic heterocycles. The van der Waals surface area contributed by atoms with Crippen LogP contribution in [-0.2, 0) is 11.3 Å². The number of aromatic nitrogens is 6. The summed E-state index contributed by atoms with van der Waals surface area (Å²) in [7, 11) is 0. The van der Waals surface area contributed by atoms with Gasteiger partial charge in [-0.15, -0.1) is 5.10 Å². The molecule has 0 spiro atoms. The van der Waals surface area contributed by atoms with Crippen LogP contribution in [0.4, 0.5) is 19.1 Å². The highest BCUT2D eigenvalue weighted by molar-refractivity contribution is 5.82. The Balaban J connectivity index is 1.47. The average Bonchev–Trinajstić information content (AvgIpc) is 3.25. The number of fused-ring (bicyclic) bond motifs is 2. The fourth-order valence-electron chi connectivity index (χ4n) is 3.48. The number of aryl methyl sites for hydroxylation is 1. The number of halogens is 3. The molecule has 156 valence electrons. The van der Waals surface area contributed by atoms with Crippen LogP contribution in [0, 0.1) is 6.92 Å². The number of pyridine rings is 1. The Bertz CT molecular complexity index is 1230. The van der Waals surface area contributed by atoms with Gasteiger partial charge in [-0.25, -0.2) is 32.6 Å². The minimum atomic E-state index is -2.50. The Morgan fingerprint density at radius 2 is 2.07 bits per heavy atom. The first-order chi connectivity index (χ1) is 14.4. The highest BCUT2D eigenvalue weighted by Gasteiger charge is 2.38. The quantitative estimate of drug-likeness (QED) is 0.520. The number of rotatable bonds is 6. The van der Waals surface area contributed by atoms with Gasteiger partial charge in [-0.3, -0.25) is 0 Å². The maximum absolute atomic E-state index is 14.1. The Labute approximate surface area is 168 Å². The SMILES string of the molecule is Cc1nc2ccc(-c3ccn4nc(NCC5(F)COC5)ncc34)nc2n1CC(F)F. The van der Waals surface area contributed by atoms with Gasteiger partial charge in [0.2, 0.25) is 5.95 Å². The lowest BCUT2D eigenvalue weighted by Gasteiger charge is -2.33. The third kappa shape index (κ3) is 3.24. The normalized spacial score (nSPS) is 15.8. The molecule has 1 N–H and O–H groups in total. The predicted molar refractivity (Wildman–Crippen MR) is 103 cm³/mol. The lowest BCUT2D eigenvalue weighted by Crippen LogP contribution is -2.50. The molecule has 0 radical (unpaired) electrons. The third-order valence-electron chi connectivity index (χ3n) is 5.08. The molecule has 5 heterocycles. The molecule has 1 aliphatic heterocycles. The summed E-state index contributed by atoms with van der Waals surface area (Å²) in [5.74, 6) is 0.779. The van der Waals surface area contributed by atoms with E-state index in [1.165, 1.54) is 4.57 Å². The Morgan fingerprint density at radius 3 is 2.80 bits per heavy atom. The van der Waals surface area contributed by atoms with E-state index in [2.05, 4.69) is 25.4 Å². The van der Waals surface area contributed by atoms with E-state index in [1.54, 1.807) is 36.0 Å². The molecule has 1 fully saturated rings. The monoisotopic (exact) mass is 417 g/mol. The first-order valence-corrected chi connectivity index (χ1v) is 9.39. The molecule has 1 saturated heterocycles. The molecule has 4 aromatic rings. The molecule has 30 heavy (non-hydrogen) atoms. The number of imidazole rings is 1. The average molecular weight is 417 g/mol. The molecule has 8 nitrogen and oxygen atoms in total. The zero-order chi connectivity index (χ0) is 20.9. The number of nitrogens with zero attached hydrogens (tertiary/aromatic N) is 6. The second-order valence-electron chi connectivity index (χ2n) is 7.34. The highest BCUT2D eigenvalue weighted by Crippen LogP contribution is 2.27. The van der Waals surface area contributed by atoms with Crippen molar-refractivity contribution in [2.75, 3.05) is 25.1 Å². The first-order valence-electron chi connectivity index (χ1n) is 9.39. The van der Waals surface area contributed by atoms with E-state index in [0.717, 1.165) is 5.56 Å². The molecule has 0 bridgehead atoms. The number of nitrogens with one attached hydrogen (secondary N) is 1. The van der Waals surface area contributed by atoms with E-state index >= 15 is 0 Å². The fraction of sp³-hybridized carbons (Fsp3) is 0.368. The van der Waals surface area contributed by atoms with Crippen molar-refractivity contribution in [2.45, 2.75) is 25.6 Å². The summed E-state index contributed by atoms with van der Waals surface area (Å²) in [4.78, 5) is 13.1. The molecule has 0 amide bonds. The zero-order valence-electron chi connectivity index (χ0n) is 16.0. The van der Waals surface area contributed by atoms with Gasteiger partial charge in [-0.1, -0.05) is 0 Å². The van der Waals surface area contributed by atoms with Crippen LogP contribution >= 0.6 is 0 Å². The number of anilines is 1. The molecular formula is C19H18F3N7O. The highest BCUT2D eigenvalue weighted by atomic mass is 19.3. The van der Waals surface area contributed by atoms with Crippen LogP contribution in [0.5, 0.6) is 0 Å². The minimum Gasteiger partial charge on any atom is -0.374 e. The van der Waals surface area contributed by atoms with Gasteiger partial charge in [0, 0.05) is 11.8 Å². The number of hydrogen-bond donors (Lipinski definition) is 1. The molecule has 11 heteroatoms. The van der Waals surface area contributed by atoms with E-state index in [0.29, 0.717) is 34.1 Å². The molecule has 5 rings (SSSR count). The van der Waals surface area contributed by atoms with Crippen LogP contribution in [0.2, 0.25) is 0 Å². The fourth-order valence-corrected chi connectivity index (χ4v) is 3.48. The van der Waals surface area contributed by atoms with Gasteiger partial charge < -0.3 is 14.6 Å². The molecule has 0 atom stereocenters. The smallest absolute Gasteiger partial charge is 0.256 e. The number of ether oxygens (including phenoxy) is 1. The van der Waals surface area contributed by atoms with Crippen molar-refractivity contribution in [1.82, 2.24) is 29.1 Å².